The minimum atomic E-state index is -1.82. The first-order chi connectivity index (χ1) is 18.7. The lowest BCUT2D eigenvalue weighted by Crippen LogP contribution is -2.39. The number of fused-ring (bicyclic) bond motifs is 2. The monoisotopic (exact) mass is 589 g/mol. The summed E-state index contributed by atoms with van der Waals surface area (Å²) in [6.07, 6.45) is 4.46. The average molecular weight is 591 g/mol. The van der Waals surface area contributed by atoms with E-state index >= 15 is 0 Å². The molecule has 2 aromatic carbocycles. The van der Waals surface area contributed by atoms with Crippen LogP contribution in [0.5, 0.6) is 0 Å². The molecule has 1 amide bonds. The van der Waals surface area contributed by atoms with E-state index in [0.29, 0.717) is 16.9 Å². The Morgan fingerprint density at radius 1 is 1.15 bits per heavy atom. The number of aliphatic hydroxyl groups is 1. The van der Waals surface area contributed by atoms with Gasteiger partial charge in [-0.25, -0.2) is 4.39 Å². The molecule has 2 aromatic rings. The van der Waals surface area contributed by atoms with Gasteiger partial charge in [0.15, 0.2) is 5.67 Å². The van der Waals surface area contributed by atoms with Crippen molar-refractivity contribution in [2.75, 3.05) is 18.1 Å². The number of hydrogen-bond acceptors (Lipinski definition) is 6. The van der Waals surface area contributed by atoms with Gasteiger partial charge in [-0.3, -0.25) is 14.9 Å². The van der Waals surface area contributed by atoms with Gasteiger partial charge in [-0.2, -0.15) is 0 Å². The lowest BCUT2D eigenvalue weighted by Gasteiger charge is -2.33. The molecule has 3 atom stereocenters. The molecular weight excluding hydrogens is 560 g/mol. The molecular formula is C29H30Cl2FN3O3S. The number of rotatable bonds is 10. The van der Waals surface area contributed by atoms with Gasteiger partial charge in [0.2, 0.25) is 0 Å². The van der Waals surface area contributed by atoms with Crippen LogP contribution in [0, 0.1) is 11.3 Å². The Labute approximate surface area is 241 Å². The van der Waals surface area contributed by atoms with Crippen LogP contribution in [-0.2, 0) is 4.74 Å². The summed E-state index contributed by atoms with van der Waals surface area (Å²) in [5.74, 6) is -0.241. The average Bonchev–Trinajstić information content (AvgIpc) is 3.83. The lowest BCUT2D eigenvalue weighted by atomic mass is 9.99. The molecule has 1 heterocycles. The zero-order chi connectivity index (χ0) is 27.3. The number of anilines is 1. The molecule has 0 aromatic heterocycles. The third-order valence-corrected chi connectivity index (χ3v) is 9.87. The summed E-state index contributed by atoms with van der Waals surface area (Å²) >= 11 is 14.2. The van der Waals surface area contributed by atoms with Crippen molar-refractivity contribution in [3.8, 4) is 0 Å². The maximum Gasteiger partial charge on any atom is 0.261 e. The van der Waals surface area contributed by atoms with Crippen LogP contribution in [0.3, 0.4) is 0 Å². The van der Waals surface area contributed by atoms with E-state index in [1.165, 1.54) is 24.8 Å². The minimum absolute atomic E-state index is 0.0631. The summed E-state index contributed by atoms with van der Waals surface area (Å²) in [5, 5.41) is 20.7. The number of nitrogens with one attached hydrogen (secondary N) is 2. The van der Waals surface area contributed by atoms with Crippen molar-refractivity contribution >= 4 is 52.5 Å². The largest absolute Gasteiger partial charge is 0.508 e. The van der Waals surface area contributed by atoms with Crippen LogP contribution >= 0.6 is 35.1 Å². The van der Waals surface area contributed by atoms with Gasteiger partial charge in [-0.1, -0.05) is 29.3 Å². The van der Waals surface area contributed by atoms with Crippen molar-refractivity contribution in [1.29, 1.82) is 5.41 Å². The van der Waals surface area contributed by atoms with Crippen LogP contribution < -0.4 is 9.62 Å². The number of carbonyl (C=O) groups excluding carboxylic acids is 1. The highest BCUT2D eigenvalue weighted by Crippen LogP contribution is 2.47. The number of amides is 1. The molecule has 206 valence electrons. The van der Waals surface area contributed by atoms with Crippen LogP contribution in [-0.4, -0.2) is 52.9 Å². The number of benzene rings is 2. The summed E-state index contributed by atoms with van der Waals surface area (Å²) < 4.78 is 24.1. The zero-order valence-corrected chi connectivity index (χ0v) is 23.6. The summed E-state index contributed by atoms with van der Waals surface area (Å²) in [5.41, 5.74) is 0.157. The highest BCUT2D eigenvalue weighted by Gasteiger charge is 2.50. The molecule has 1 saturated heterocycles. The van der Waals surface area contributed by atoms with Crippen LogP contribution in [0.4, 0.5) is 10.1 Å². The SMILES string of the molecule is N=C(/C(CO[C@@H]1C[C@@H]2C[C@H]1CN2c1ccc(C(=O)NSC2CC2)cc1)=C(\O)C1(F)CC1)c1c(Cl)cccc1Cl. The Kier molecular flexibility index (Phi) is 7.33. The molecule has 1 aliphatic heterocycles. The van der Waals surface area contributed by atoms with E-state index in [0.717, 1.165) is 25.1 Å². The molecule has 0 unspecified atom stereocenters. The summed E-state index contributed by atoms with van der Waals surface area (Å²) in [7, 11) is 0. The van der Waals surface area contributed by atoms with E-state index in [1.54, 1.807) is 18.2 Å². The number of ether oxygens (including phenoxy) is 1. The Hall–Kier alpha value is -2.26. The number of halogens is 3. The molecule has 6 rings (SSSR count). The first-order valence-electron chi connectivity index (χ1n) is 13.3. The molecule has 4 fully saturated rings. The van der Waals surface area contributed by atoms with Crippen molar-refractivity contribution in [2.45, 2.75) is 61.6 Å². The fraction of sp³-hybridized carbons (Fsp3) is 0.448. The fourth-order valence-corrected chi connectivity index (χ4v) is 6.92. The second-order valence-corrected chi connectivity index (χ2v) is 12.9. The molecule has 0 spiro atoms. The van der Waals surface area contributed by atoms with E-state index in [4.69, 9.17) is 33.3 Å². The first kappa shape index (κ1) is 26.9. The molecule has 6 nitrogen and oxygen atoms in total. The number of hydrogen-bond donors (Lipinski definition) is 3. The van der Waals surface area contributed by atoms with Crippen LogP contribution in [0.15, 0.2) is 53.8 Å². The van der Waals surface area contributed by atoms with Crippen molar-refractivity contribution in [3.05, 3.63) is 75.0 Å². The van der Waals surface area contributed by atoms with E-state index < -0.39 is 11.4 Å². The quantitative estimate of drug-likeness (QED) is 0.159. The smallest absolute Gasteiger partial charge is 0.261 e. The number of carbonyl (C=O) groups is 1. The van der Waals surface area contributed by atoms with E-state index in [9.17, 15) is 14.3 Å². The van der Waals surface area contributed by atoms with Crippen molar-refractivity contribution in [1.82, 2.24) is 4.72 Å². The first-order valence-corrected chi connectivity index (χ1v) is 15.0. The fourth-order valence-electron chi connectivity index (χ4n) is 5.57. The predicted molar refractivity (Wildman–Crippen MR) is 154 cm³/mol. The molecule has 2 bridgehead atoms. The highest BCUT2D eigenvalue weighted by molar-refractivity contribution is 7.98. The van der Waals surface area contributed by atoms with E-state index in [2.05, 4.69) is 9.62 Å². The topological polar surface area (TPSA) is 85.7 Å². The van der Waals surface area contributed by atoms with Crippen LogP contribution in [0.25, 0.3) is 0 Å². The maximum absolute atomic E-state index is 14.9. The number of nitrogens with zero attached hydrogens (tertiary/aromatic N) is 1. The molecule has 3 saturated carbocycles. The highest BCUT2D eigenvalue weighted by atomic mass is 35.5. The van der Waals surface area contributed by atoms with Gasteiger partial charge in [0.25, 0.3) is 5.91 Å². The summed E-state index contributed by atoms with van der Waals surface area (Å²) in [6.45, 7) is 0.721. The molecule has 10 heteroatoms. The molecule has 39 heavy (non-hydrogen) atoms. The van der Waals surface area contributed by atoms with E-state index in [-0.39, 0.29) is 64.3 Å². The van der Waals surface area contributed by atoms with Crippen molar-refractivity contribution < 1.29 is 19.0 Å². The van der Waals surface area contributed by atoms with Gasteiger partial charge < -0.3 is 14.7 Å². The van der Waals surface area contributed by atoms with Gasteiger partial charge >= 0.3 is 0 Å². The van der Waals surface area contributed by atoms with E-state index in [1.807, 2.05) is 24.3 Å². The van der Waals surface area contributed by atoms with Gasteiger partial charge in [-0.05, 0) is 86.9 Å². The van der Waals surface area contributed by atoms with Crippen molar-refractivity contribution in [3.63, 3.8) is 0 Å². The van der Waals surface area contributed by atoms with Gasteiger partial charge in [0, 0.05) is 46.1 Å². The van der Waals surface area contributed by atoms with Crippen LogP contribution in [0.1, 0.15) is 54.4 Å². The maximum atomic E-state index is 14.9. The standard InChI is InChI=1S/C29H30Cl2FN3O3S/c30-22-2-1-3-23(31)25(22)26(33)21(27(36)29(32)10-11-29)15-38-24-13-19-12-17(24)14-35(19)18-6-4-16(5-7-18)28(37)34-39-20-8-9-20/h1-7,17,19-20,24,33,36H,8-15H2,(H,34,37)/b27-21-,33-26?/t17-,19-,24+/m0/s1. The Balaban J connectivity index is 1.10. The Morgan fingerprint density at radius 3 is 2.44 bits per heavy atom. The Morgan fingerprint density at radius 2 is 1.85 bits per heavy atom. The molecule has 3 aliphatic carbocycles. The third-order valence-electron chi connectivity index (χ3n) is 8.14. The minimum Gasteiger partial charge on any atom is -0.508 e. The zero-order valence-electron chi connectivity index (χ0n) is 21.3. The number of allylic oxidation sites excluding steroid dienone is 1. The second kappa shape index (κ2) is 10.6. The number of aliphatic hydroxyl groups excluding tert-OH is 1. The summed E-state index contributed by atoms with van der Waals surface area (Å²) in [4.78, 5) is 14.7. The number of alkyl halides is 1. The second-order valence-electron chi connectivity index (χ2n) is 10.9. The lowest BCUT2D eigenvalue weighted by molar-refractivity contribution is 0.0382. The molecule has 0 radical (unpaired) electrons. The summed E-state index contributed by atoms with van der Waals surface area (Å²) in [6, 6.07) is 12.9. The van der Waals surface area contributed by atoms with Gasteiger partial charge in [-0.15, -0.1) is 0 Å². The normalized spacial score (nSPS) is 25.4. The molecule has 4 aliphatic rings. The van der Waals surface area contributed by atoms with Gasteiger partial charge in [0.05, 0.1) is 28.5 Å². The third kappa shape index (κ3) is 5.53. The Bertz CT molecular complexity index is 1310. The molecule has 3 N–H and O–H groups in total. The predicted octanol–water partition coefficient (Wildman–Crippen LogP) is 6.90. The van der Waals surface area contributed by atoms with Gasteiger partial charge in [0.1, 0.15) is 5.76 Å². The number of piperidine rings is 1. The van der Waals surface area contributed by atoms with Crippen molar-refractivity contribution in [2.24, 2.45) is 5.92 Å². The van der Waals surface area contributed by atoms with Crippen LogP contribution in [0.2, 0.25) is 10.0 Å².